The molecule has 1 heterocycles. The van der Waals surface area contributed by atoms with Gasteiger partial charge in [-0.2, -0.15) is 0 Å². The Hall–Kier alpha value is -0.350. The SMILES string of the molecule is CC(CCl)N(C)c1ncc(Br)cc1F. The molecule has 1 rings (SSSR count). The van der Waals surface area contributed by atoms with Gasteiger partial charge < -0.3 is 4.90 Å². The fourth-order valence-electron chi connectivity index (χ4n) is 0.979. The largest absolute Gasteiger partial charge is 0.353 e. The minimum absolute atomic E-state index is 0.0554. The van der Waals surface area contributed by atoms with E-state index in [4.69, 9.17) is 11.6 Å². The third-order valence-electron chi connectivity index (χ3n) is 2.01. The minimum Gasteiger partial charge on any atom is -0.353 e. The molecule has 0 fully saturated rings. The summed E-state index contributed by atoms with van der Waals surface area (Å²) in [4.78, 5) is 5.71. The number of nitrogens with zero attached hydrogens (tertiary/aromatic N) is 2. The molecule has 78 valence electrons. The van der Waals surface area contributed by atoms with Crippen LogP contribution in [0.2, 0.25) is 0 Å². The van der Waals surface area contributed by atoms with Crippen LogP contribution in [-0.4, -0.2) is 24.0 Å². The van der Waals surface area contributed by atoms with Crippen molar-refractivity contribution in [2.75, 3.05) is 17.8 Å². The van der Waals surface area contributed by atoms with Crippen molar-refractivity contribution >= 4 is 33.3 Å². The average Bonchev–Trinajstić information content (AvgIpc) is 2.15. The summed E-state index contributed by atoms with van der Waals surface area (Å²) < 4.78 is 14.1. The zero-order chi connectivity index (χ0) is 10.7. The molecule has 1 aromatic heterocycles. The van der Waals surface area contributed by atoms with Crippen LogP contribution < -0.4 is 4.90 Å². The molecular weight excluding hydrogens is 270 g/mol. The summed E-state index contributed by atoms with van der Waals surface area (Å²) in [5.74, 6) is 0.411. The van der Waals surface area contributed by atoms with E-state index in [0.717, 1.165) is 0 Å². The number of halogens is 3. The monoisotopic (exact) mass is 280 g/mol. The first-order valence-electron chi connectivity index (χ1n) is 4.16. The first-order chi connectivity index (χ1) is 6.56. The van der Waals surface area contributed by atoms with E-state index in [1.54, 1.807) is 18.1 Å². The molecule has 1 aromatic rings. The molecule has 2 nitrogen and oxygen atoms in total. The van der Waals surface area contributed by atoms with Crippen LogP contribution in [0.3, 0.4) is 0 Å². The van der Waals surface area contributed by atoms with Crippen LogP contribution in [0.4, 0.5) is 10.2 Å². The number of hydrogen-bond acceptors (Lipinski definition) is 2. The smallest absolute Gasteiger partial charge is 0.166 e. The van der Waals surface area contributed by atoms with Gasteiger partial charge in [0.15, 0.2) is 11.6 Å². The first kappa shape index (κ1) is 11.7. The second-order valence-electron chi connectivity index (χ2n) is 3.07. The van der Waals surface area contributed by atoms with Crippen LogP contribution in [0.1, 0.15) is 6.92 Å². The van der Waals surface area contributed by atoms with E-state index in [2.05, 4.69) is 20.9 Å². The van der Waals surface area contributed by atoms with Gasteiger partial charge in [0.2, 0.25) is 0 Å². The van der Waals surface area contributed by atoms with Crippen LogP contribution in [0, 0.1) is 5.82 Å². The van der Waals surface area contributed by atoms with Crippen LogP contribution in [0.15, 0.2) is 16.7 Å². The highest BCUT2D eigenvalue weighted by atomic mass is 79.9. The van der Waals surface area contributed by atoms with Gasteiger partial charge in [-0.3, -0.25) is 0 Å². The summed E-state index contributed by atoms with van der Waals surface area (Å²) in [6.45, 7) is 1.91. The molecule has 1 unspecified atom stereocenters. The maximum absolute atomic E-state index is 13.4. The van der Waals surface area contributed by atoms with Crippen molar-refractivity contribution in [2.24, 2.45) is 0 Å². The number of aromatic nitrogens is 1. The van der Waals surface area contributed by atoms with Crippen molar-refractivity contribution in [3.63, 3.8) is 0 Å². The summed E-state index contributed by atoms with van der Waals surface area (Å²) in [5, 5.41) is 0. The third-order valence-corrected chi connectivity index (χ3v) is 2.89. The van der Waals surface area contributed by atoms with Crippen molar-refractivity contribution in [3.05, 3.63) is 22.6 Å². The number of pyridine rings is 1. The van der Waals surface area contributed by atoms with Crippen LogP contribution in [0.5, 0.6) is 0 Å². The van der Waals surface area contributed by atoms with E-state index in [1.807, 2.05) is 6.92 Å². The standard InChI is InChI=1S/C9H11BrClFN2/c1-6(4-11)14(2)9-8(12)3-7(10)5-13-9/h3,5-6H,4H2,1-2H3. The molecule has 0 radical (unpaired) electrons. The summed E-state index contributed by atoms with van der Waals surface area (Å²) in [7, 11) is 1.77. The number of rotatable bonds is 3. The molecule has 5 heteroatoms. The predicted octanol–water partition coefficient (Wildman–Crippen LogP) is 3.05. The lowest BCUT2D eigenvalue weighted by molar-refractivity contribution is 0.604. The molecule has 0 saturated carbocycles. The van der Waals surface area contributed by atoms with Gasteiger partial charge in [-0.25, -0.2) is 9.37 Å². The molecule has 0 saturated heterocycles. The van der Waals surface area contributed by atoms with Crippen LogP contribution in [-0.2, 0) is 0 Å². The number of alkyl halides is 1. The molecule has 0 aliphatic carbocycles. The lowest BCUT2D eigenvalue weighted by Crippen LogP contribution is -2.31. The van der Waals surface area contributed by atoms with Crippen molar-refractivity contribution in [1.82, 2.24) is 4.98 Å². The number of anilines is 1. The lowest BCUT2D eigenvalue weighted by Gasteiger charge is -2.24. The Morgan fingerprint density at radius 1 is 1.71 bits per heavy atom. The van der Waals surface area contributed by atoms with E-state index >= 15 is 0 Å². The van der Waals surface area contributed by atoms with Gasteiger partial charge >= 0.3 is 0 Å². The highest BCUT2D eigenvalue weighted by Gasteiger charge is 2.14. The molecule has 0 aromatic carbocycles. The lowest BCUT2D eigenvalue weighted by atomic mass is 10.3. The Morgan fingerprint density at radius 2 is 2.36 bits per heavy atom. The van der Waals surface area contributed by atoms with Gasteiger partial charge in [0, 0.05) is 29.6 Å². The quantitative estimate of drug-likeness (QED) is 0.792. The van der Waals surface area contributed by atoms with Gasteiger partial charge in [0.25, 0.3) is 0 Å². The summed E-state index contributed by atoms with van der Waals surface area (Å²) in [6.07, 6.45) is 1.57. The highest BCUT2D eigenvalue weighted by molar-refractivity contribution is 9.10. The van der Waals surface area contributed by atoms with Gasteiger partial charge in [-0.1, -0.05) is 0 Å². The molecule has 1 atom stereocenters. The van der Waals surface area contributed by atoms with Gasteiger partial charge in [-0.15, -0.1) is 11.6 Å². The first-order valence-corrected chi connectivity index (χ1v) is 5.49. The Bertz CT molecular complexity index is 322. The second-order valence-corrected chi connectivity index (χ2v) is 4.30. The van der Waals surface area contributed by atoms with Gasteiger partial charge in [0.05, 0.1) is 0 Å². The van der Waals surface area contributed by atoms with Crippen LogP contribution in [0.25, 0.3) is 0 Å². The van der Waals surface area contributed by atoms with E-state index < -0.39 is 0 Å². The maximum atomic E-state index is 13.4. The van der Waals surface area contributed by atoms with Crippen LogP contribution >= 0.6 is 27.5 Å². The van der Waals surface area contributed by atoms with Crippen molar-refractivity contribution in [2.45, 2.75) is 13.0 Å². The Morgan fingerprint density at radius 3 is 2.86 bits per heavy atom. The Kier molecular flexibility index (Phi) is 4.13. The Balaban J connectivity index is 2.95. The van der Waals surface area contributed by atoms with E-state index in [-0.39, 0.29) is 11.9 Å². The fourth-order valence-corrected chi connectivity index (χ4v) is 1.49. The number of hydrogen-bond donors (Lipinski definition) is 0. The molecule has 0 N–H and O–H groups in total. The second kappa shape index (κ2) is 4.94. The summed E-state index contributed by atoms with van der Waals surface area (Å²) >= 11 is 8.83. The molecule has 0 aliphatic rings. The van der Waals surface area contributed by atoms with E-state index in [0.29, 0.717) is 16.2 Å². The molecule has 0 aliphatic heterocycles. The zero-order valence-electron chi connectivity index (χ0n) is 7.97. The highest BCUT2D eigenvalue weighted by Crippen LogP contribution is 2.20. The van der Waals surface area contributed by atoms with Crippen molar-refractivity contribution in [3.8, 4) is 0 Å². The summed E-state index contributed by atoms with van der Waals surface area (Å²) in [6, 6.07) is 1.44. The molecule has 0 bridgehead atoms. The molecule has 0 amide bonds. The van der Waals surface area contributed by atoms with Gasteiger partial charge in [0.1, 0.15) is 0 Å². The van der Waals surface area contributed by atoms with E-state index in [1.165, 1.54) is 6.07 Å². The Labute approximate surface area is 96.2 Å². The third kappa shape index (κ3) is 2.58. The average molecular weight is 282 g/mol. The molecule has 0 spiro atoms. The van der Waals surface area contributed by atoms with Gasteiger partial charge in [-0.05, 0) is 28.9 Å². The maximum Gasteiger partial charge on any atom is 0.166 e. The molecule has 14 heavy (non-hydrogen) atoms. The van der Waals surface area contributed by atoms with E-state index in [9.17, 15) is 4.39 Å². The minimum atomic E-state index is -0.348. The van der Waals surface area contributed by atoms with Crippen molar-refractivity contribution in [1.29, 1.82) is 0 Å². The predicted molar refractivity (Wildman–Crippen MR) is 60.5 cm³/mol. The fraction of sp³-hybridized carbons (Fsp3) is 0.444. The zero-order valence-corrected chi connectivity index (χ0v) is 10.3. The summed E-state index contributed by atoms with van der Waals surface area (Å²) in [5.41, 5.74) is 0. The topological polar surface area (TPSA) is 16.1 Å². The normalized spacial score (nSPS) is 12.6. The molecular formula is C9H11BrClFN2. The van der Waals surface area contributed by atoms with Crippen molar-refractivity contribution < 1.29 is 4.39 Å².